The average Bonchev–Trinajstić information content (AvgIpc) is 3.22. The van der Waals surface area contributed by atoms with Gasteiger partial charge in [0.15, 0.2) is 0 Å². The molecule has 1 atom stereocenters. The highest BCUT2D eigenvalue weighted by Crippen LogP contribution is 2.34. The number of fused-ring (bicyclic) bond motifs is 1. The van der Waals surface area contributed by atoms with E-state index in [1.54, 1.807) is 7.11 Å². The molecule has 2 N–H and O–H groups in total. The van der Waals surface area contributed by atoms with Crippen molar-refractivity contribution in [3.63, 3.8) is 0 Å². The molecule has 1 aliphatic heterocycles. The Balaban J connectivity index is 1.25. The van der Waals surface area contributed by atoms with E-state index in [0.717, 1.165) is 48.7 Å². The molecular weight excluding hydrogens is 392 g/mol. The van der Waals surface area contributed by atoms with Gasteiger partial charge in [-0.1, -0.05) is 0 Å². The third-order valence-electron chi connectivity index (χ3n) is 5.99. The number of benzene rings is 2. The molecule has 0 amide bonds. The number of nitrogens with one attached hydrogen (secondary N) is 1. The van der Waals surface area contributed by atoms with Gasteiger partial charge in [0.25, 0.3) is 0 Å². The van der Waals surface area contributed by atoms with E-state index in [1.165, 1.54) is 10.9 Å². The zero-order chi connectivity index (χ0) is 21.6. The summed E-state index contributed by atoms with van der Waals surface area (Å²) in [6.07, 6.45) is 3.79. The van der Waals surface area contributed by atoms with Crippen molar-refractivity contribution >= 4 is 10.9 Å². The molecule has 6 heteroatoms. The topological polar surface area (TPSA) is 67.0 Å². The lowest BCUT2D eigenvalue weighted by molar-refractivity contribution is 0.0595. The van der Waals surface area contributed by atoms with E-state index in [4.69, 9.17) is 14.2 Å². The first kappa shape index (κ1) is 21.5. The molecule has 1 aliphatic rings. The highest BCUT2D eigenvalue weighted by Gasteiger charge is 2.24. The van der Waals surface area contributed by atoms with Gasteiger partial charge >= 0.3 is 0 Å². The molecule has 0 radical (unpaired) electrons. The lowest BCUT2D eigenvalue weighted by Crippen LogP contribution is -2.40. The van der Waals surface area contributed by atoms with E-state index >= 15 is 0 Å². The van der Waals surface area contributed by atoms with Gasteiger partial charge in [0, 0.05) is 23.6 Å². The van der Waals surface area contributed by atoms with E-state index < -0.39 is 6.10 Å². The number of likely N-dealkylation sites (tertiary alicyclic amines) is 1. The Morgan fingerprint density at radius 2 is 1.71 bits per heavy atom. The van der Waals surface area contributed by atoms with Crippen LogP contribution < -0.4 is 14.2 Å². The number of aliphatic hydroxyl groups excluding tert-OH is 1. The first-order valence-corrected chi connectivity index (χ1v) is 11.1. The van der Waals surface area contributed by atoms with E-state index in [1.807, 2.05) is 37.3 Å². The van der Waals surface area contributed by atoms with E-state index in [9.17, 15) is 5.11 Å². The zero-order valence-electron chi connectivity index (χ0n) is 18.3. The number of H-pyrrole nitrogens is 1. The lowest BCUT2D eigenvalue weighted by Gasteiger charge is -2.33. The van der Waals surface area contributed by atoms with Crippen molar-refractivity contribution in [2.24, 2.45) is 0 Å². The number of nitrogens with zero attached hydrogens (tertiary/aromatic N) is 1. The van der Waals surface area contributed by atoms with Gasteiger partial charge in [-0.2, -0.15) is 0 Å². The van der Waals surface area contributed by atoms with Gasteiger partial charge in [0.2, 0.25) is 0 Å². The van der Waals surface area contributed by atoms with E-state index in [-0.39, 0.29) is 6.61 Å². The number of β-amino-alcohol motifs (C(OH)–C–C–N with tert-alkyl or cyclic N) is 1. The Kier molecular flexibility index (Phi) is 6.99. The van der Waals surface area contributed by atoms with Gasteiger partial charge in [0.05, 0.1) is 13.7 Å². The molecule has 3 aromatic rings. The number of rotatable bonds is 9. The Morgan fingerprint density at radius 3 is 2.39 bits per heavy atom. The van der Waals surface area contributed by atoms with Crippen LogP contribution in [0, 0.1) is 0 Å². The Labute approximate surface area is 183 Å². The van der Waals surface area contributed by atoms with Crippen LogP contribution in [0.1, 0.15) is 31.2 Å². The van der Waals surface area contributed by atoms with Crippen LogP contribution in [-0.2, 0) is 0 Å². The summed E-state index contributed by atoms with van der Waals surface area (Å²) >= 11 is 0. The molecule has 0 saturated carbocycles. The number of ether oxygens (including phenoxy) is 3. The van der Waals surface area contributed by atoms with Crippen LogP contribution in [0.4, 0.5) is 0 Å². The molecule has 31 heavy (non-hydrogen) atoms. The minimum atomic E-state index is -0.513. The first-order valence-electron chi connectivity index (χ1n) is 11.1. The largest absolute Gasteiger partial charge is 0.497 e. The standard InChI is InChI=1S/C25H32N2O4/c1-3-30-20-4-6-21(7-5-20)31-17-19(28)16-27-12-10-18(11-13-27)24-15-26-25-9-8-22(29-2)14-23(24)25/h4-9,14-15,18-19,26,28H,3,10-13,16-17H2,1-2H3. The molecular formula is C25H32N2O4. The zero-order valence-corrected chi connectivity index (χ0v) is 18.3. The molecule has 1 saturated heterocycles. The summed E-state index contributed by atoms with van der Waals surface area (Å²) < 4.78 is 16.6. The molecule has 1 unspecified atom stereocenters. The SMILES string of the molecule is CCOc1ccc(OCC(O)CN2CCC(c3c[nH]c4ccc(OC)cc34)CC2)cc1. The van der Waals surface area contributed by atoms with Crippen LogP contribution in [0.25, 0.3) is 10.9 Å². The average molecular weight is 425 g/mol. The van der Waals surface area contributed by atoms with Crippen LogP contribution in [0.2, 0.25) is 0 Å². The summed E-state index contributed by atoms with van der Waals surface area (Å²) in [5, 5.41) is 11.7. The van der Waals surface area contributed by atoms with Crippen LogP contribution in [0.15, 0.2) is 48.7 Å². The summed E-state index contributed by atoms with van der Waals surface area (Å²) in [6.45, 7) is 5.47. The molecule has 166 valence electrons. The maximum absolute atomic E-state index is 10.4. The number of hydrogen-bond donors (Lipinski definition) is 2. The second-order valence-corrected chi connectivity index (χ2v) is 8.10. The fraction of sp³-hybridized carbons (Fsp3) is 0.440. The quantitative estimate of drug-likeness (QED) is 0.539. The van der Waals surface area contributed by atoms with E-state index in [2.05, 4.69) is 28.2 Å². The van der Waals surface area contributed by atoms with Crippen molar-refractivity contribution < 1.29 is 19.3 Å². The number of aromatic amines is 1. The summed E-state index contributed by atoms with van der Waals surface area (Å²) in [5.74, 6) is 2.98. The van der Waals surface area contributed by atoms with Crippen LogP contribution in [-0.4, -0.2) is 61.1 Å². The highest BCUT2D eigenvalue weighted by molar-refractivity contribution is 5.85. The second-order valence-electron chi connectivity index (χ2n) is 8.10. The van der Waals surface area contributed by atoms with Crippen molar-refractivity contribution in [1.29, 1.82) is 0 Å². The summed E-state index contributed by atoms with van der Waals surface area (Å²) in [4.78, 5) is 5.72. The minimum absolute atomic E-state index is 0.288. The molecule has 6 nitrogen and oxygen atoms in total. The van der Waals surface area contributed by atoms with Gasteiger partial charge in [0.1, 0.15) is 30.0 Å². The third kappa shape index (κ3) is 5.32. The fourth-order valence-electron chi connectivity index (χ4n) is 4.35. The smallest absolute Gasteiger partial charge is 0.119 e. The van der Waals surface area contributed by atoms with Gasteiger partial charge < -0.3 is 29.2 Å². The minimum Gasteiger partial charge on any atom is -0.497 e. The third-order valence-corrected chi connectivity index (χ3v) is 5.99. The normalized spacial score (nSPS) is 16.4. The Morgan fingerprint density at radius 1 is 1.03 bits per heavy atom. The molecule has 0 bridgehead atoms. The van der Waals surface area contributed by atoms with Crippen LogP contribution >= 0.6 is 0 Å². The first-order chi connectivity index (χ1) is 15.2. The predicted molar refractivity (Wildman–Crippen MR) is 122 cm³/mol. The molecule has 0 spiro atoms. The van der Waals surface area contributed by atoms with Crippen molar-refractivity contribution in [2.45, 2.75) is 31.8 Å². The van der Waals surface area contributed by atoms with Crippen LogP contribution in [0.5, 0.6) is 17.2 Å². The number of piperidine rings is 1. The van der Waals surface area contributed by atoms with Gasteiger partial charge in [-0.3, -0.25) is 0 Å². The maximum atomic E-state index is 10.4. The van der Waals surface area contributed by atoms with Crippen molar-refractivity contribution in [3.8, 4) is 17.2 Å². The van der Waals surface area contributed by atoms with Crippen molar-refractivity contribution in [2.75, 3.05) is 40.0 Å². The number of hydrogen-bond acceptors (Lipinski definition) is 5. The maximum Gasteiger partial charge on any atom is 0.119 e. The van der Waals surface area contributed by atoms with Gasteiger partial charge in [-0.15, -0.1) is 0 Å². The van der Waals surface area contributed by atoms with Crippen molar-refractivity contribution in [3.05, 3.63) is 54.2 Å². The van der Waals surface area contributed by atoms with E-state index in [0.29, 0.717) is 19.1 Å². The lowest BCUT2D eigenvalue weighted by atomic mass is 9.89. The fourth-order valence-corrected chi connectivity index (χ4v) is 4.35. The molecule has 2 heterocycles. The summed E-state index contributed by atoms with van der Waals surface area (Å²) in [5.41, 5.74) is 2.52. The second kappa shape index (κ2) is 10.1. The molecule has 0 aliphatic carbocycles. The Hall–Kier alpha value is -2.70. The molecule has 4 rings (SSSR count). The number of aliphatic hydroxyl groups is 1. The monoisotopic (exact) mass is 424 g/mol. The number of methoxy groups -OCH3 is 1. The highest BCUT2D eigenvalue weighted by atomic mass is 16.5. The van der Waals surface area contributed by atoms with Gasteiger partial charge in [-0.25, -0.2) is 0 Å². The molecule has 2 aromatic carbocycles. The summed E-state index contributed by atoms with van der Waals surface area (Å²) in [7, 11) is 1.71. The predicted octanol–water partition coefficient (Wildman–Crippen LogP) is 4.19. The number of aromatic nitrogens is 1. The Bertz CT molecular complexity index is 961. The van der Waals surface area contributed by atoms with Gasteiger partial charge in [-0.05, 0) is 86.8 Å². The molecule has 1 fully saturated rings. The van der Waals surface area contributed by atoms with Crippen molar-refractivity contribution in [1.82, 2.24) is 9.88 Å². The molecule has 1 aromatic heterocycles. The summed E-state index contributed by atoms with van der Waals surface area (Å²) in [6, 6.07) is 13.7. The van der Waals surface area contributed by atoms with Crippen LogP contribution in [0.3, 0.4) is 0 Å².